The highest BCUT2D eigenvalue weighted by Crippen LogP contribution is 2.27. The van der Waals surface area contributed by atoms with Crippen LogP contribution in [0.25, 0.3) is 0 Å². The number of nitrogens with one attached hydrogen (secondary N) is 1. The highest BCUT2D eigenvalue weighted by atomic mass is 19.4. The highest BCUT2D eigenvalue weighted by Gasteiger charge is 2.29. The largest absolute Gasteiger partial charge is 0.401 e. The fourth-order valence-electron chi connectivity index (χ4n) is 2.66. The van der Waals surface area contributed by atoms with E-state index >= 15 is 0 Å². The maximum absolute atomic E-state index is 12.3. The molecule has 0 unspecified atom stereocenters. The van der Waals surface area contributed by atoms with Gasteiger partial charge in [0.05, 0.1) is 13.1 Å². The average molecular weight is 328 g/mol. The number of fused-ring (bicyclic) bond motifs is 1. The summed E-state index contributed by atoms with van der Waals surface area (Å²) in [7, 11) is 1.46. The summed E-state index contributed by atoms with van der Waals surface area (Å²) in [6.45, 7) is 3.22. The molecule has 0 radical (unpaired) electrons. The molecule has 0 spiro atoms. The second-order valence-electron chi connectivity index (χ2n) is 5.62. The van der Waals surface area contributed by atoms with Crippen LogP contribution in [0.2, 0.25) is 0 Å². The third-order valence-corrected chi connectivity index (χ3v) is 3.67. The number of guanidine groups is 1. The van der Waals surface area contributed by atoms with E-state index in [0.29, 0.717) is 6.54 Å². The van der Waals surface area contributed by atoms with Gasteiger partial charge in [-0.1, -0.05) is 18.2 Å². The first-order valence-electron chi connectivity index (χ1n) is 7.80. The Labute approximate surface area is 135 Å². The minimum Gasteiger partial charge on any atom is -0.356 e. The molecule has 0 bridgehead atoms. The topological polar surface area (TPSA) is 30.9 Å². The van der Waals surface area contributed by atoms with E-state index < -0.39 is 12.7 Å². The van der Waals surface area contributed by atoms with Gasteiger partial charge in [-0.2, -0.15) is 13.2 Å². The Hall–Kier alpha value is -1.76. The number of alkyl halides is 3. The van der Waals surface area contributed by atoms with E-state index in [9.17, 15) is 13.2 Å². The van der Waals surface area contributed by atoms with Crippen molar-refractivity contribution in [1.29, 1.82) is 0 Å². The molecule has 1 heterocycles. The van der Waals surface area contributed by atoms with Crippen molar-refractivity contribution in [3.05, 3.63) is 29.8 Å². The first-order valence-corrected chi connectivity index (χ1v) is 7.80. The van der Waals surface area contributed by atoms with Crippen LogP contribution >= 0.6 is 0 Å². The molecule has 1 aliphatic heterocycles. The second-order valence-corrected chi connectivity index (χ2v) is 5.62. The van der Waals surface area contributed by atoms with Crippen LogP contribution in [0.3, 0.4) is 0 Å². The maximum Gasteiger partial charge on any atom is 0.401 e. The Morgan fingerprint density at radius 3 is 2.78 bits per heavy atom. The number of hydrogen-bond donors (Lipinski definition) is 1. The molecule has 1 aromatic rings. The SMILES string of the molecule is CCNC(=NCCN(C)CC(F)(F)F)N1CCc2ccccc21. The van der Waals surface area contributed by atoms with Gasteiger partial charge in [-0.25, -0.2) is 0 Å². The van der Waals surface area contributed by atoms with Gasteiger partial charge in [-0.15, -0.1) is 0 Å². The van der Waals surface area contributed by atoms with E-state index in [-0.39, 0.29) is 6.54 Å². The molecule has 1 aliphatic rings. The summed E-state index contributed by atoms with van der Waals surface area (Å²) in [6.07, 6.45) is -3.22. The predicted octanol–water partition coefficient (Wildman–Crippen LogP) is 2.51. The number of rotatable bonds is 5. The fourth-order valence-corrected chi connectivity index (χ4v) is 2.66. The Balaban J connectivity index is 1.99. The number of hydrogen-bond acceptors (Lipinski definition) is 2. The smallest absolute Gasteiger partial charge is 0.356 e. The van der Waals surface area contributed by atoms with Gasteiger partial charge in [0, 0.05) is 25.3 Å². The van der Waals surface area contributed by atoms with Crippen LogP contribution < -0.4 is 10.2 Å². The van der Waals surface area contributed by atoms with Crippen LogP contribution in [0, 0.1) is 0 Å². The summed E-state index contributed by atoms with van der Waals surface area (Å²) in [5.41, 5.74) is 2.39. The summed E-state index contributed by atoms with van der Waals surface area (Å²) in [4.78, 5) is 7.83. The minimum atomic E-state index is -4.17. The van der Waals surface area contributed by atoms with Gasteiger partial charge in [0.1, 0.15) is 0 Å². The molecule has 0 atom stereocenters. The summed E-state index contributed by atoms with van der Waals surface area (Å²) < 4.78 is 37.0. The molecule has 0 saturated carbocycles. The van der Waals surface area contributed by atoms with Gasteiger partial charge in [-0.3, -0.25) is 9.89 Å². The zero-order valence-corrected chi connectivity index (χ0v) is 13.5. The summed E-state index contributed by atoms with van der Waals surface area (Å²) in [5, 5.41) is 3.22. The lowest BCUT2D eigenvalue weighted by molar-refractivity contribution is -0.142. The molecular formula is C16H23F3N4. The van der Waals surface area contributed by atoms with Crippen LogP contribution in [0.4, 0.5) is 18.9 Å². The fraction of sp³-hybridized carbons (Fsp3) is 0.562. The first-order chi connectivity index (χ1) is 10.9. The highest BCUT2D eigenvalue weighted by molar-refractivity contribution is 5.97. The molecule has 0 fully saturated rings. The number of aliphatic imine (C=N–C) groups is 1. The predicted molar refractivity (Wildman–Crippen MR) is 87.0 cm³/mol. The number of likely N-dealkylation sites (N-methyl/N-ethyl adjacent to an activating group) is 1. The Morgan fingerprint density at radius 1 is 1.35 bits per heavy atom. The molecule has 1 aromatic carbocycles. The number of anilines is 1. The molecule has 128 valence electrons. The quantitative estimate of drug-likeness (QED) is 0.666. The number of halogens is 3. The molecule has 2 rings (SSSR count). The van der Waals surface area contributed by atoms with Gasteiger partial charge in [0.25, 0.3) is 0 Å². The van der Waals surface area contributed by atoms with E-state index in [2.05, 4.69) is 21.3 Å². The van der Waals surface area contributed by atoms with Crippen molar-refractivity contribution >= 4 is 11.6 Å². The molecule has 0 amide bonds. The molecule has 1 N–H and O–H groups in total. The summed E-state index contributed by atoms with van der Waals surface area (Å²) >= 11 is 0. The van der Waals surface area contributed by atoms with Gasteiger partial charge < -0.3 is 10.2 Å². The van der Waals surface area contributed by atoms with Crippen LogP contribution in [0.1, 0.15) is 12.5 Å². The van der Waals surface area contributed by atoms with Gasteiger partial charge in [0.2, 0.25) is 0 Å². The van der Waals surface area contributed by atoms with Crippen molar-refractivity contribution in [2.24, 2.45) is 4.99 Å². The standard InChI is InChI=1S/C16H23F3N4/c1-3-20-15(21-9-11-22(2)12-16(17,18)19)23-10-8-13-6-4-5-7-14(13)23/h4-7H,3,8-12H2,1-2H3,(H,20,21). The lowest BCUT2D eigenvalue weighted by Gasteiger charge is -2.23. The molecule has 0 saturated heterocycles. The zero-order valence-electron chi connectivity index (χ0n) is 13.5. The van der Waals surface area contributed by atoms with Gasteiger partial charge in [-0.05, 0) is 32.0 Å². The summed E-state index contributed by atoms with van der Waals surface area (Å²) in [6, 6.07) is 8.14. The molecular weight excluding hydrogens is 305 g/mol. The lowest BCUT2D eigenvalue weighted by Crippen LogP contribution is -2.41. The van der Waals surface area contributed by atoms with Crippen LogP contribution in [-0.4, -0.2) is 56.8 Å². The third kappa shape index (κ3) is 5.13. The second kappa shape index (κ2) is 7.68. The van der Waals surface area contributed by atoms with Gasteiger partial charge in [0.15, 0.2) is 5.96 Å². The zero-order chi connectivity index (χ0) is 16.9. The average Bonchev–Trinajstić information content (AvgIpc) is 2.88. The van der Waals surface area contributed by atoms with Crippen molar-refractivity contribution < 1.29 is 13.2 Å². The normalized spacial score (nSPS) is 15.2. The minimum absolute atomic E-state index is 0.268. The first kappa shape index (κ1) is 17.6. The molecule has 0 aromatic heterocycles. The Kier molecular flexibility index (Phi) is 5.87. The molecule has 7 heteroatoms. The van der Waals surface area contributed by atoms with Crippen molar-refractivity contribution in [2.75, 3.05) is 44.7 Å². The van der Waals surface area contributed by atoms with Crippen molar-refractivity contribution in [3.8, 4) is 0 Å². The molecule has 4 nitrogen and oxygen atoms in total. The Bertz CT molecular complexity index is 542. The lowest BCUT2D eigenvalue weighted by atomic mass is 10.2. The van der Waals surface area contributed by atoms with Crippen molar-refractivity contribution in [2.45, 2.75) is 19.5 Å². The monoisotopic (exact) mass is 328 g/mol. The van der Waals surface area contributed by atoms with E-state index in [1.54, 1.807) is 0 Å². The van der Waals surface area contributed by atoms with Crippen molar-refractivity contribution in [1.82, 2.24) is 10.2 Å². The van der Waals surface area contributed by atoms with E-state index in [4.69, 9.17) is 0 Å². The Morgan fingerprint density at radius 2 is 2.09 bits per heavy atom. The van der Waals surface area contributed by atoms with E-state index in [1.807, 2.05) is 25.1 Å². The number of para-hydroxylation sites is 1. The maximum atomic E-state index is 12.3. The number of nitrogens with zero attached hydrogens (tertiary/aromatic N) is 3. The summed E-state index contributed by atoms with van der Waals surface area (Å²) in [5.74, 6) is 0.734. The van der Waals surface area contributed by atoms with Crippen LogP contribution in [0.15, 0.2) is 29.3 Å². The van der Waals surface area contributed by atoms with Gasteiger partial charge >= 0.3 is 6.18 Å². The van der Waals surface area contributed by atoms with E-state index in [1.165, 1.54) is 17.5 Å². The molecule has 0 aliphatic carbocycles. The molecule has 23 heavy (non-hydrogen) atoms. The number of benzene rings is 1. The third-order valence-electron chi connectivity index (χ3n) is 3.67. The van der Waals surface area contributed by atoms with Crippen molar-refractivity contribution in [3.63, 3.8) is 0 Å². The van der Waals surface area contributed by atoms with Crippen LogP contribution in [-0.2, 0) is 6.42 Å². The van der Waals surface area contributed by atoms with Crippen LogP contribution in [0.5, 0.6) is 0 Å². The van der Waals surface area contributed by atoms with E-state index in [0.717, 1.165) is 31.2 Å².